The maximum absolute atomic E-state index is 13.5. The number of nitrogens with one attached hydrogen (secondary N) is 2. The third-order valence-electron chi connectivity index (χ3n) is 5.86. The van der Waals surface area contributed by atoms with E-state index >= 15 is 0 Å². The molecule has 0 unspecified atom stereocenters. The third-order valence-corrected chi connectivity index (χ3v) is 7.21. The molecule has 0 spiro atoms. The minimum atomic E-state index is -4.32. The van der Waals surface area contributed by atoms with Gasteiger partial charge in [-0.3, -0.25) is 0 Å². The van der Waals surface area contributed by atoms with Crippen LogP contribution in [0, 0.1) is 0 Å². The maximum Gasteiger partial charge on any atom is 0.329 e. The largest absolute Gasteiger partial charge is 0.497 e. The van der Waals surface area contributed by atoms with Crippen LogP contribution < -0.4 is 24.2 Å². The summed E-state index contributed by atoms with van der Waals surface area (Å²) < 4.78 is 45.7. The molecule has 4 aromatic rings. The zero-order valence-corrected chi connectivity index (χ0v) is 23.8. The summed E-state index contributed by atoms with van der Waals surface area (Å²) >= 11 is 0. The van der Waals surface area contributed by atoms with E-state index in [-0.39, 0.29) is 10.6 Å². The van der Waals surface area contributed by atoms with Crippen molar-refractivity contribution in [3.05, 3.63) is 91.0 Å². The number of ether oxygens (including phenoxy) is 3. The first-order valence-electron chi connectivity index (χ1n) is 12.5. The molecule has 0 saturated heterocycles. The molecular formula is C31H32N2O6S. The van der Waals surface area contributed by atoms with E-state index in [1.54, 1.807) is 65.3 Å². The van der Waals surface area contributed by atoms with E-state index in [0.29, 0.717) is 17.1 Å². The molecule has 8 nitrogen and oxygen atoms in total. The minimum absolute atomic E-state index is 0.0696. The Kier molecular flexibility index (Phi) is 8.35. The minimum Gasteiger partial charge on any atom is -0.497 e. The lowest BCUT2D eigenvalue weighted by atomic mass is 10.1. The van der Waals surface area contributed by atoms with Crippen LogP contribution in [-0.4, -0.2) is 34.2 Å². The van der Waals surface area contributed by atoms with Gasteiger partial charge in [0.1, 0.15) is 27.9 Å². The summed E-state index contributed by atoms with van der Waals surface area (Å²) in [5.41, 5.74) is 2.57. The van der Waals surface area contributed by atoms with Crippen molar-refractivity contribution in [2.45, 2.75) is 31.2 Å². The molecule has 0 bridgehead atoms. The van der Waals surface area contributed by atoms with Gasteiger partial charge in [0.05, 0.1) is 14.2 Å². The van der Waals surface area contributed by atoms with E-state index in [2.05, 4.69) is 10.0 Å². The molecule has 40 heavy (non-hydrogen) atoms. The Morgan fingerprint density at radius 2 is 1.20 bits per heavy atom. The second-order valence-electron chi connectivity index (χ2n) is 10.1. The van der Waals surface area contributed by atoms with E-state index in [1.165, 1.54) is 6.07 Å². The fourth-order valence-corrected chi connectivity index (χ4v) is 5.02. The van der Waals surface area contributed by atoms with E-state index in [0.717, 1.165) is 22.4 Å². The molecule has 0 radical (unpaired) electrons. The van der Waals surface area contributed by atoms with Crippen LogP contribution in [0.5, 0.6) is 23.0 Å². The maximum atomic E-state index is 13.5. The number of sulfonamides is 1. The number of hydrogen-bond donors (Lipinski definition) is 2. The number of methoxy groups -OCH3 is 2. The van der Waals surface area contributed by atoms with Gasteiger partial charge in [0.2, 0.25) is 0 Å². The van der Waals surface area contributed by atoms with E-state index < -0.39 is 21.6 Å². The number of carbonyl (C=O) groups excluding carboxylic acids is 1. The van der Waals surface area contributed by atoms with Gasteiger partial charge >= 0.3 is 6.03 Å². The third kappa shape index (κ3) is 7.12. The number of rotatable bonds is 8. The summed E-state index contributed by atoms with van der Waals surface area (Å²) in [5.74, 6) is 1.92. The first-order valence-corrected chi connectivity index (χ1v) is 14.0. The summed E-state index contributed by atoms with van der Waals surface area (Å²) in [5, 5.41) is 2.61. The lowest BCUT2D eigenvalue weighted by Crippen LogP contribution is -2.48. The summed E-state index contributed by atoms with van der Waals surface area (Å²) in [6, 6.07) is 26.1. The van der Waals surface area contributed by atoms with Crippen LogP contribution >= 0.6 is 0 Å². The molecule has 4 rings (SSSR count). The van der Waals surface area contributed by atoms with Crippen molar-refractivity contribution in [2.75, 3.05) is 14.2 Å². The number of urea groups is 1. The molecule has 0 saturated carbocycles. The molecule has 0 aromatic heterocycles. The van der Waals surface area contributed by atoms with Crippen LogP contribution in [0.1, 0.15) is 20.8 Å². The molecular weight excluding hydrogens is 528 g/mol. The topological polar surface area (TPSA) is 103 Å². The molecule has 0 aliphatic carbocycles. The molecule has 9 heteroatoms. The van der Waals surface area contributed by atoms with Gasteiger partial charge in [-0.1, -0.05) is 42.5 Å². The molecule has 0 atom stereocenters. The van der Waals surface area contributed by atoms with Crippen molar-refractivity contribution in [3.8, 4) is 45.3 Å². The van der Waals surface area contributed by atoms with Crippen LogP contribution in [0.2, 0.25) is 0 Å². The van der Waals surface area contributed by atoms with Crippen molar-refractivity contribution in [1.29, 1.82) is 0 Å². The molecule has 0 aliphatic rings. The van der Waals surface area contributed by atoms with E-state index in [1.807, 2.05) is 54.6 Å². The average Bonchev–Trinajstić information content (AvgIpc) is 2.92. The molecule has 208 valence electrons. The van der Waals surface area contributed by atoms with Crippen LogP contribution in [0.15, 0.2) is 95.9 Å². The summed E-state index contributed by atoms with van der Waals surface area (Å²) in [6.07, 6.45) is 0. The first kappa shape index (κ1) is 28.5. The van der Waals surface area contributed by atoms with Crippen molar-refractivity contribution < 1.29 is 27.4 Å². The van der Waals surface area contributed by atoms with Crippen molar-refractivity contribution in [3.63, 3.8) is 0 Å². The Morgan fingerprint density at radius 3 is 1.73 bits per heavy atom. The van der Waals surface area contributed by atoms with Crippen LogP contribution in [0.3, 0.4) is 0 Å². The molecule has 0 heterocycles. The van der Waals surface area contributed by atoms with Gasteiger partial charge in [-0.2, -0.15) is 0 Å². The van der Waals surface area contributed by atoms with Crippen LogP contribution in [-0.2, 0) is 10.0 Å². The summed E-state index contributed by atoms with van der Waals surface area (Å²) in [7, 11) is -1.14. The highest BCUT2D eigenvalue weighted by Gasteiger charge is 2.25. The Hall–Kier alpha value is -4.50. The zero-order valence-electron chi connectivity index (χ0n) is 23.0. The highest BCUT2D eigenvalue weighted by molar-refractivity contribution is 7.90. The van der Waals surface area contributed by atoms with Crippen LogP contribution in [0.25, 0.3) is 22.3 Å². The van der Waals surface area contributed by atoms with Gasteiger partial charge in [0.25, 0.3) is 10.0 Å². The number of hydrogen-bond acceptors (Lipinski definition) is 6. The summed E-state index contributed by atoms with van der Waals surface area (Å²) in [4.78, 5) is 12.3. The van der Waals surface area contributed by atoms with Gasteiger partial charge in [-0.25, -0.2) is 17.9 Å². The monoisotopic (exact) mass is 560 g/mol. The van der Waals surface area contributed by atoms with Crippen molar-refractivity contribution in [2.24, 2.45) is 0 Å². The highest BCUT2D eigenvalue weighted by atomic mass is 32.2. The lowest BCUT2D eigenvalue weighted by molar-refractivity contribution is 0.237. The molecule has 4 aromatic carbocycles. The molecule has 0 aliphatic heterocycles. The molecule has 2 amide bonds. The highest BCUT2D eigenvalue weighted by Crippen LogP contribution is 2.35. The van der Waals surface area contributed by atoms with Gasteiger partial charge in [0, 0.05) is 5.54 Å². The predicted molar refractivity (Wildman–Crippen MR) is 156 cm³/mol. The zero-order chi connectivity index (χ0) is 28.9. The van der Waals surface area contributed by atoms with Crippen molar-refractivity contribution >= 4 is 16.1 Å². The SMILES string of the molecule is COc1ccc(-c2cccc(Oc3ccc(-c4ccc(OC)cc4)cc3S(=O)(=O)NC(=O)NC(C)(C)C)c2)cc1. The molecule has 0 fully saturated rings. The lowest BCUT2D eigenvalue weighted by Gasteiger charge is -2.21. The quantitative estimate of drug-likeness (QED) is 0.251. The first-order chi connectivity index (χ1) is 19.0. The normalized spacial score (nSPS) is 11.4. The number of amides is 2. The van der Waals surface area contributed by atoms with Crippen LogP contribution in [0.4, 0.5) is 4.79 Å². The van der Waals surface area contributed by atoms with Gasteiger partial charge in [-0.05, 0) is 91.6 Å². The van der Waals surface area contributed by atoms with E-state index in [4.69, 9.17) is 14.2 Å². The fraction of sp³-hybridized carbons (Fsp3) is 0.194. The van der Waals surface area contributed by atoms with Gasteiger partial charge in [-0.15, -0.1) is 0 Å². The fourth-order valence-electron chi connectivity index (χ4n) is 3.96. The second-order valence-corrected chi connectivity index (χ2v) is 11.7. The number of benzene rings is 4. The summed E-state index contributed by atoms with van der Waals surface area (Å²) in [6.45, 7) is 5.27. The van der Waals surface area contributed by atoms with Gasteiger partial charge in [0.15, 0.2) is 0 Å². The Bertz CT molecular complexity index is 1590. The van der Waals surface area contributed by atoms with E-state index in [9.17, 15) is 13.2 Å². The Morgan fingerprint density at radius 1 is 0.675 bits per heavy atom. The van der Waals surface area contributed by atoms with Crippen molar-refractivity contribution in [1.82, 2.24) is 10.0 Å². The Labute approximate surface area is 235 Å². The Balaban J connectivity index is 1.72. The smallest absolute Gasteiger partial charge is 0.329 e. The average molecular weight is 561 g/mol. The predicted octanol–water partition coefficient (Wildman–Crippen LogP) is 6.62. The van der Waals surface area contributed by atoms with Gasteiger partial charge < -0.3 is 19.5 Å². The second kappa shape index (κ2) is 11.7. The standard InChI is InChI=1S/C31H32N2O6S/c1-31(2,3)32-30(34)33-40(35,36)29-20-24(22-11-16-26(38-5)17-12-22)13-18-28(29)39-27-8-6-7-23(19-27)21-9-14-25(37-4)15-10-21/h6-20H,1-5H3,(H2,32,33,34). The molecule has 2 N–H and O–H groups in total. The number of carbonyl (C=O) groups is 1.